The minimum Gasteiger partial charge on any atom is -0.378 e. The third-order valence-electron chi connectivity index (χ3n) is 3.82. The molecule has 0 radical (unpaired) electrons. The van der Waals surface area contributed by atoms with E-state index in [-0.39, 0.29) is 11.9 Å². The molecule has 3 rings (SSSR count). The average molecular weight is 314 g/mol. The van der Waals surface area contributed by atoms with Crippen LogP contribution in [0.25, 0.3) is 0 Å². The maximum atomic E-state index is 12.0. The Labute approximate surface area is 135 Å². The summed E-state index contributed by atoms with van der Waals surface area (Å²) in [4.78, 5) is 12.0. The number of aromatic nitrogens is 2. The molecule has 122 valence electrons. The van der Waals surface area contributed by atoms with Crippen molar-refractivity contribution in [3.63, 3.8) is 0 Å². The molecule has 1 aromatic heterocycles. The van der Waals surface area contributed by atoms with Crippen LogP contribution in [0.1, 0.15) is 17.5 Å². The number of hydrogen-bond donors (Lipinski definition) is 2. The summed E-state index contributed by atoms with van der Waals surface area (Å²) in [7, 11) is 0. The van der Waals surface area contributed by atoms with Crippen molar-refractivity contribution >= 4 is 5.91 Å². The van der Waals surface area contributed by atoms with Crippen LogP contribution >= 0.6 is 0 Å². The number of benzene rings is 1. The highest BCUT2D eigenvalue weighted by molar-refractivity contribution is 5.76. The van der Waals surface area contributed by atoms with Crippen molar-refractivity contribution in [2.24, 2.45) is 0 Å². The molecule has 0 saturated carbocycles. The predicted molar refractivity (Wildman–Crippen MR) is 86.8 cm³/mol. The molecule has 0 bridgehead atoms. The smallest absolute Gasteiger partial charge is 0.221 e. The quantitative estimate of drug-likeness (QED) is 0.832. The van der Waals surface area contributed by atoms with Crippen LogP contribution in [0.2, 0.25) is 0 Å². The average Bonchev–Trinajstić information content (AvgIpc) is 3.07. The fraction of sp³-hybridized carbons (Fsp3) is 0.412. The van der Waals surface area contributed by atoms with E-state index in [0.717, 1.165) is 25.3 Å². The molecule has 1 aliphatic rings. The lowest BCUT2D eigenvalue weighted by atomic mass is 10.1. The number of amides is 1. The maximum Gasteiger partial charge on any atom is 0.221 e. The van der Waals surface area contributed by atoms with Crippen LogP contribution < -0.4 is 10.6 Å². The predicted octanol–water partition coefficient (Wildman–Crippen LogP) is 0.926. The highest BCUT2D eigenvalue weighted by Gasteiger charge is 2.16. The van der Waals surface area contributed by atoms with E-state index in [0.29, 0.717) is 19.6 Å². The third kappa shape index (κ3) is 4.91. The van der Waals surface area contributed by atoms with Gasteiger partial charge >= 0.3 is 0 Å². The second-order valence-corrected chi connectivity index (χ2v) is 5.73. The zero-order chi connectivity index (χ0) is 15.9. The van der Waals surface area contributed by atoms with Crippen molar-refractivity contribution in [2.45, 2.75) is 25.6 Å². The van der Waals surface area contributed by atoms with Crippen molar-refractivity contribution in [1.29, 1.82) is 0 Å². The number of carbonyl (C=O) groups is 1. The molecule has 2 N–H and O–H groups in total. The molecule has 1 fully saturated rings. The summed E-state index contributed by atoms with van der Waals surface area (Å²) in [6.45, 7) is 3.42. The van der Waals surface area contributed by atoms with Crippen molar-refractivity contribution in [3.8, 4) is 0 Å². The van der Waals surface area contributed by atoms with Gasteiger partial charge < -0.3 is 15.4 Å². The first-order chi connectivity index (χ1) is 11.3. The first-order valence-electron chi connectivity index (χ1n) is 7.93. The summed E-state index contributed by atoms with van der Waals surface area (Å²) in [5.41, 5.74) is 2.26. The van der Waals surface area contributed by atoms with Gasteiger partial charge in [-0.25, -0.2) is 0 Å². The Kier molecular flexibility index (Phi) is 5.39. The van der Waals surface area contributed by atoms with Crippen LogP contribution in [-0.2, 0) is 22.6 Å². The number of ether oxygens (including phenoxy) is 1. The number of hydrogen-bond acceptors (Lipinski definition) is 4. The Balaban J connectivity index is 1.48. The van der Waals surface area contributed by atoms with Crippen LogP contribution in [0, 0.1) is 0 Å². The van der Waals surface area contributed by atoms with Gasteiger partial charge in [0.2, 0.25) is 5.91 Å². The second kappa shape index (κ2) is 7.89. The Bertz CT molecular complexity index is 621. The summed E-state index contributed by atoms with van der Waals surface area (Å²) in [5.74, 6) is 0.0467. The first-order valence-corrected chi connectivity index (χ1v) is 7.93. The number of carbonyl (C=O) groups excluding carboxylic acids is 1. The Morgan fingerprint density at radius 3 is 3.09 bits per heavy atom. The number of morpholine rings is 1. The molecule has 2 aromatic rings. The van der Waals surface area contributed by atoms with Gasteiger partial charge in [0.1, 0.15) is 0 Å². The number of nitrogens with zero attached hydrogens (tertiary/aromatic N) is 2. The molecule has 6 nitrogen and oxygen atoms in total. The molecule has 2 heterocycles. The lowest BCUT2D eigenvalue weighted by Gasteiger charge is -2.23. The van der Waals surface area contributed by atoms with Crippen molar-refractivity contribution in [3.05, 3.63) is 53.9 Å². The zero-order valence-corrected chi connectivity index (χ0v) is 13.1. The van der Waals surface area contributed by atoms with Gasteiger partial charge in [-0.3, -0.25) is 9.48 Å². The SMILES string of the molecule is O=C(CC1COCCN1)NCc1cccc(Cn2cccn2)c1. The molecule has 1 saturated heterocycles. The van der Waals surface area contributed by atoms with Crippen molar-refractivity contribution in [2.75, 3.05) is 19.8 Å². The van der Waals surface area contributed by atoms with E-state index >= 15 is 0 Å². The molecule has 1 aliphatic heterocycles. The molecular weight excluding hydrogens is 292 g/mol. The van der Waals surface area contributed by atoms with E-state index in [2.05, 4.69) is 27.9 Å². The monoisotopic (exact) mass is 314 g/mol. The Hall–Kier alpha value is -2.18. The molecule has 0 spiro atoms. The lowest BCUT2D eigenvalue weighted by Crippen LogP contribution is -2.44. The fourth-order valence-corrected chi connectivity index (χ4v) is 2.67. The first kappa shape index (κ1) is 15.7. The summed E-state index contributed by atoms with van der Waals surface area (Å²) < 4.78 is 7.24. The van der Waals surface area contributed by atoms with E-state index < -0.39 is 0 Å². The van der Waals surface area contributed by atoms with E-state index in [9.17, 15) is 4.79 Å². The van der Waals surface area contributed by atoms with Gasteiger partial charge in [-0.15, -0.1) is 0 Å². The minimum atomic E-state index is 0.0467. The van der Waals surface area contributed by atoms with Gasteiger partial charge in [0.25, 0.3) is 0 Å². The summed E-state index contributed by atoms with van der Waals surface area (Å²) >= 11 is 0. The van der Waals surface area contributed by atoms with Crippen LogP contribution in [0.15, 0.2) is 42.7 Å². The van der Waals surface area contributed by atoms with E-state index in [1.807, 2.05) is 29.1 Å². The maximum absolute atomic E-state index is 12.0. The lowest BCUT2D eigenvalue weighted by molar-refractivity contribution is -0.122. The van der Waals surface area contributed by atoms with Gasteiger partial charge in [0.05, 0.1) is 19.8 Å². The van der Waals surface area contributed by atoms with Crippen molar-refractivity contribution in [1.82, 2.24) is 20.4 Å². The molecule has 1 unspecified atom stereocenters. The van der Waals surface area contributed by atoms with Crippen LogP contribution in [-0.4, -0.2) is 41.5 Å². The summed E-state index contributed by atoms with van der Waals surface area (Å²) in [5, 5.41) is 10.5. The van der Waals surface area contributed by atoms with Gasteiger partial charge in [-0.2, -0.15) is 5.10 Å². The van der Waals surface area contributed by atoms with E-state index in [4.69, 9.17) is 4.74 Å². The Morgan fingerprint density at radius 1 is 1.39 bits per heavy atom. The van der Waals surface area contributed by atoms with E-state index in [1.165, 1.54) is 5.56 Å². The molecule has 1 aromatic carbocycles. The van der Waals surface area contributed by atoms with E-state index in [1.54, 1.807) is 6.20 Å². The van der Waals surface area contributed by atoms with Crippen LogP contribution in [0.3, 0.4) is 0 Å². The normalized spacial score (nSPS) is 17.8. The molecule has 0 aliphatic carbocycles. The van der Waals surface area contributed by atoms with Gasteiger partial charge in [0, 0.05) is 37.9 Å². The summed E-state index contributed by atoms with van der Waals surface area (Å²) in [6, 6.07) is 10.2. The number of nitrogens with one attached hydrogen (secondary N) is 2. The Morgan fingerprint density at radius 2 is 2.30 bits per heavy atom. The van der Waals surface area contributed by atoms with Gasteiger partial charge in [0.15, 0.2) is 0 Å². The van der Waals surface area contributed by atoms with Crippen molar-refractivity contribution < 1.29 is 9.53 Å². The number of rotatable bonds is 6. The standard InChI is InChI=1S/C17H22N4O2/c22-17(10-16-13-23-8-6-18-16)19-11-14-3-1-4-15(9-14)12-21-7-2-5-20-21/h1-5,7,9,16,18H,6,8,10-13H2,(H,19,22). The molecule has 23 heavy (non-hydrogen) atoms. The van der Waals surface area contributed by atoms with Gasteiger partial charge in [-0.1, -0.05) is 24.3 Å². The summed E-state index contributed by atoms with van der Waals surface area (Å²) in [6.07, 6.45) is 4.16. The largest absolute Gasteiger partial charge is 0.378 e. The molecule has 6 heteroatoms. The molecule has 1 atom stereocenters. The fourth-order valence-electron chi connectivity index (χ4n) is 2.67. The zero-order valence-electron chi connectivity index (χ0n) is 13.1. The third-order valence-corrected chi connectivity index (χ3v) is 3.82. The topological polar surface area (TPSA) is 68.2 Å². The highest BCUT2D eigenvalue weighted by Crippen LogP contribution is 2.07. The van der Waals surface area contributed by atoms with Crippen LogP contribution in [0.5, 0.6) is 0 Å². The van der Waals surface area contributed by atoms with Crippen LogP contribution in [0.4, 0.5) is 0 Å². The van der Waals surface area contributed by atoms with Gasteiger partial charge in [-0.05, 0) is 17.2 Å². The highest BCUT2D eigenvalue weighted by atomic mass is 16.5. The second-order valence-electron chi connectivity index (χ2n) is 5.73. The minimum absolute atomic E-state index is 0.0467. The molecule has 1 amide bonds. The molecular formula is C17H22N4O2.